The van der Waals surface area contributed by atoms with Crippen molar-refractivity contribution in [3.8, 4) is 0 Å². The Kier molecular flexibility index (Phi) is 8.47. The third-order valence-corrected chi connectivity index (χ3v) is 9.26. The first-order valence-electron chi connectivity index (χ1n) is 13.8. The normalized spacial score (nSPS) is 18.4. The van der Waals surface area contributed by atoms with Gasteiger partial charge in [-0.3, -0.25) is 4.79 Å². The molecule has 208 valence electrons. The Hall–Kier alpha value is -3.04. The molecule has 1 saturated carbocycles. The molecule has 0 radical (unpaired) electrons. The quantitative estimate of drug-likeness (QED) is 0.343. The Morgan fingerprint density at radius 3 is 2.59 bits per heavy atom. The number of benzene rings is 2. The monoisotopic (exact) mass is 553 g/mol. The number of hydrogen-bond acceptors (Lipinski definition) is 5. The molecule has 1 aromatic heterocycles. The van der Waals surface area contributed by atoms with Crippen LogP contribution in [0.4, 0.5) is 4.39 Å². The maximum absolute atomic E-state index is 14.6. The van der Waals surface area contributed by atoms with Gasteiger partial charge in [-0.1, -0.05) is 61.2 Å². The van der Waals surface area contributed by atoms with Crippen LogP contribution in [-0.4, -0.2) is 48.0 Å². The van der Waals surface area contributed by atoms with E-state index in [4.69, 9.17) is 4.74 Å². The summed E-state index contributed by atoms with van der Waals surface area (Å²) < 4.78 is 49.7. The van der Waals surface area contributed by atoms with E-state index in [1.165, 1.54) is 12.1 Å². The van der Waals surface area contributed by atoms with Crippen molar-refractivity contribution >= 4 is 15.7 Å². The lowest BCUT2D eigenvalue weighted by Gasteiger charge is -2.30. The molecule has 0 unspecified atom stereocenters. The number of carbonyl (C=O) groups excluding carboxylic acids is 1. The molecule has 1 amide bonds. The summed E-state index contributed by atoms with van der Waals surface area (Å²) in [6, 6.07) is 13.4. The zero-order valence-corrected chi connectivity index (χ0v) is 23.2. The van der Waals surface area contributed by atoms with Crippen molar-refractivity contribution in [2.75, 3.05) is 13.2 Å². The zero-order chi connectivity index (χ0) is 27.4. The summed E-state index contributed by atoms with van der Waals surface area (Å²) in [4.78, 5) is 19.6. The molecule has 9 heteroatoms. The summed E-state index contributed by atoms with van der Waals surface area (Å²) >= 11 is 0. The smallest absolute Gasteiger partial charge is 0.257 e. The molecule has 2 fully saturated rings. The second-order valence-corrected chi connectivity index (χ2v) is 12.6. The van der Waals surface area contributed by atoms with E-state index in [1.54, 1.807) is 23.2 Å². The summed E-state index contributed by atoms with van der Waals surface area (Å²) in [5, 5.41) is 0.0429. The van der Waals surface area contributed by atoms with Gasteiger partial charge in [-0.15, -0.1) is 0 Å². The van der Waals surface area contributed by atoms with Gasteiger partial charge in [0.1, 0.15) is 5.82 Å². The number of rotatable bonds is 9. The highest BCUT2D eigenvalue weighted by atomic mass is 32.2. The predicted molar refractivity (Wildman–Crippen MR) is 147 cm³/mol. The molecule has 3 aromatic rings. The summed E-state index contributed by atoms with van der Waals surface area (Å²) in [6.07, 6.45) is 7.99. The number of carbonyl (C=O) groups is 1. The fraction of sp³-hybridized carbons (Fsp3) is 0.467. The molecule has 5 rings (SSSR count). The SMILES string of the molecule is Cc1cccc(CS(=O)(=O)c2ncc(CN(C[C@@H]3CCCO3)C(=O)c3ccccc3F)n2C2CCCCC2)c1. The van der Waals surface area contributed by atoms with Crippen molar-refractivity contribution in [2.24, 2.45) is 0 Å². The topological polar surface area (TPSA) is 81.5 Å². The first kappa shape index (κ1) is 27.5. The highest BCUT2D eigenvalue weighted by Gasteiger charge is 2.32. The van der Waals surface area contributed by atoms with Crippen molar-refractivity contribution in [1.82, 2.24) is 14.5 Å². The van der Waals surface area contributed by atoms with Gasteiger partial charge in [0.05, 0.1) is 35.9 Å². The molecule has 39 heavy (non-hydrogen) atoms. The average Bonchev–Trinajstić information content (AvgIpc) is 3.59. The Balaban J connectivity index is 1.51. The fourth-order valence-electron chi connectivity index (χ4n) is 5.79. The van der Waals surface area contributed by atoms with Crippen LogP contribution in [-0.2, 0) is 26.9 Å². The van der Waals surface area contributed by atoms with Crippen LogP contribution in [0.3, 0.4) is 0 Å². The summed E-state index contributed by atoms with van der Waals surface area (Å²) in [7, 11) is -3.76. The maximum atomic E-state index is 14.6. The standard InChI is InChI=1S/C30H36FN3O4S/c1-22-9-7-10-23(17-22)21-39(36,37)30-32-18-25(34(30)24-11-3-2-4-12-24)19-33(20-26-13-8-16-38-26)29(35)27-14-5-6-15-28(27)31/h5-7,9-10,14-15,17-18,24,26H,2-4,8,11-13,16,19-21H2,1H3/t26-/m0/s1. The van der Waals surface area contributed by atoms with Crippen LogP contribution in [0.5, 0.6) is 0 Å². The molecule has 2 heterocycles. The largest absolute Gasteiger partial charge is 0.376 e. The van der Waals surface area contributed by atoms with E-state index in [-0.39, 0.29) is 35.2 Å². The molecular formula is C30H36FN3O4S. The second kappa shape index (κ2) is 12.0. The first-order chi connectivity index (χ1) is 18.8. The van der Waals surface area contributed by atoms with Crippen LogP contribution >= 0.6 is 0 Å². The molecular weight excluding hydrogens is 517 g/mol. The molecule has 1 saturated heterocycles. The molecule has 0 spiro atoms. The molecule has 0 bridgehead atoms. The second-order valence-electron chi connectivity index (χ2n) is 10.7. The van der Waals surface area contributed by atoms with Crippen LogP contribution in [0, 0.1) is 12.7 Å². The van der Waals surface area contributed by atoms with Gasteiger partial charge >= 0.3 is 0 Å². The number of aryl methyl sites for hydroxylation is 1. The molecule has 7 nitrogen and oxygen atoms in total. The number of imidazole rings is 1. The minimum atomic E-state index is -3.76. The van der Waals surface area contributed by atoms with Gasteiger partial charge in [0.2, 0.25) is 15.0 Å². The van der Waals surface area contributed by atoms with E-state index in [1.807, 2.05) is 35.8 Å². The highest BCUT2D eigenvalue weighted by Crippen LogP contribution is 2.33. The number of amides is 1. The van der Waals surface area contributed by atoms with E-state index in [0.29, 0.717) is 24.4 Å². The number of hydrogen-bond donors (Lipinski definition) is 0. The number of sulfone groups is 1. The Morgan fingerprint density at radius 2 is 1.87 bits per heavy atom. The number of aromatic nitrogens is 2. The molecule has 1 atom stereocenters. The van der Waals surface area contributed by atoms with Crippen LogP contribution < -0.4 is 0 Å². The van der Waals surface area contributed by atoms with Gasteiger partial charge in [0, 0.05) is 19.2 Å². The number of halogens is 1. The molecule has 2 aromatic carbocycles. The third-order valence-electron chi connectivity index (χ3n) is 7.69. The fourth-order valence-corrected chi connectivity index (χ4v) is 7.32. The van der Waals surface area contributed by atoms with Crippen LogP contribution in [0.25, 0.3) is 0 Å². The summed E-state index contributed by atoms with van der Waals surface area (Å²) in [5.74, 6) is -1.17. The van der Waals surface area contributed by atoms with Gasteiger partial charge < -0.3 is 14.2 Å². The summed E-state index contributed by atoms with van der Waals surface area (Å²) in [5.41, 5.74) is 2.35. The number of nitrogens with zero attached hydrogens (tertiary/aromatic N) is 3. The highest BCUT2D eigenvalue weighted by molar-refractivity contribution is 7.90. The molecule has 1 aliphatic heterocycles. The Bertz CT molecular complexity index is 1410. The Labute approximate surface area is 229 Å². The molecule has 1 aliphatic carbocycles. The van der Waals surface area contributed by atoms with Gasteiger partial charge in [-0.25, -0.2) is 17.8 Å². The zero-order valence-electron chi connectivity index (χ0n) is 22.4. The summed E-state index contributed by atoms with van der Waals surface area (Å²) in [6.45, 7) is 2.99. The third kappa shape index (κ3) is 6.41. The van der Waals surface area contributed by atoms with Gasteiger partial charge in [-0.2, -0.15) is 0 Å². The van der Waals surface area contributed by atoms with Crippen molar-refractivity contribution < 1.29 is 22.3 Å². The van der Waals surface area contributed by atoms with Gasteiger partial charge in [-0.05, 0) is 50.3 Å². The lowest BCUT2D eigenvalue weighted by atomic mass is 9.95. The van der Waals surface area contributed by atoms with E-state index in [0.717, 1.165) is 50.5 Å². The number of ether oxygens (including phenoxy) is 1. The maximum Gasteiger partial charge on any atom is 0.257 e. The van der Waals surface area contributed by atoms with E-state index in [9.17, 15) is 17.6 Å². The van der Waals surface area contributed by atoms with Gasteiger partial charge in [0.25, 0.3) is 5.91 Å². The average molecular weight is 554 g/mol. The van der Waals surface area contributed by atoms with Gasteiger partial charge in [0.15, 0.2) is 0 Å². The molecule has 0 N–H and O–H groups in total. The van der Waals surface area contributed by atoms with Crippen molar-refractivity contribution in [2.45, 2.75) is 81.5 Å². The van der Waals surface area contributed by atoms with Crippen molar-refractivity contribution in [1.29, 1.82) is 0 Å². The minimum absolute atomic E-state index is 0.00785. The van der Waals surface area contributed by atoms with Crippen molar-refractivity contribution in [3.63, 3.8) is 0 Å². The minimum Gasteiger partial charge on any atom is -0.376 e. The lowest BCUT2D eigenvalue weighted by molar-refractivity contribution is 0.0496. The Morgan fingerprint density at radius 1 is 1.08 bits per heavy atom. The predicted octanol–water partition coefficient (Wildman–Crippen LogP) is 5.63. The lowest BCUT2D eigenvalue weighted by Crippen LogP contribution is -2.38. The van der Waals surface area contributed by atoms with E-state index >= 15 is 0 Å². The van der Waals surface area contributed by atoms with E-state index < -0.39 is 21.6 Å². The van der Waals surface area contributed by atoms with Crippen LogP contribution in [0.15, 0.2) is 59.9 Å². The van der Waals surface area contributed by atoms with Crippen molar-refractivity contribution in [3.05, 3.63) is 82.9 Å². The van der Waals surface area contributed by atoms with E-state index in [2.05, 4.69) is 4.98 Å². The first-order valence-corrected chi connectivity index (χ1v) is 15.5. The van der Waals surface area contributed by atoms with Crippen LogP contribution in [0.1, 0.15) is 78.2 Å². The molecule has 2 aliphatic rings. The van der Waals surface area contributed by atoms with Crippen LogP contribution in [0.2, 0.25) is 0 Å².